The monoisotopic (exact) mass is 436 g/mol. The van der Waals surface area contributed by atoms with Crippen LogP contribution in [0.15, 0.2) is 52.3 Å². The molecule has 0 aliphatic carbocycles. The maximum absolute atomic E-state index is 12.2. The molecule has 4 rings (SSSR count). The Morgan fingerprint density at radius 3 is 2.45 bits per heavy atom. The van der Waals surface area contributed by atoms with E-state index in [-0.39, 0.29) is 5.69 Å². The third-order valence-electron chi connectivity index (χ3n) is 5.19. The van der Waals surface area contributed by atoms with Crippen LogP contribution in [0.2, 0.25) is 0 Å². The number of aromatic nitrogens is 6. The average molecular weight is 437 g/mol. The molecule has 2 aromatic heterocycles. The van der Waals surface area contributed by atoms with Crippen LogP contribution in [0.4, 0.5) is 0 Å². The molecule has 2 heterocycles. The van der Waals surface area contributed by atoms with Crippen LogP contribution in [0, 0.1) is 13.8 Å². The van der Waals surface area contributed by atoms with Crippen molar-refractivity contribution in [2.24, 2.45) is 14.1 Å². The highest BCUT2D eigenvalue weighted by Gasteiger charge is 2.15. The van der Waals surface area contributed by atoms with Crippen LogP contribution in [-0.4, -0.2) is 35.8 Å². The largest absolute Gasteiger partial charge is 0.489 e. The molecule has 2 aromatic carbocycles. The highest BCUT2D eigenvalue weighted by molar-refractivity contribution is 7.98. The first kappa shape index (κ1) is 20.9. The number of rotatable bonds is 6. The summed E-state index contributed by atoms with van der Waals surface area (Å²) in [4.78, 5) is 12.2. The van der Waals surface area contributed by atoms with Gasteiger partial charge in [-0.2, -0.15) is 14.5 Å². The van der Waals surface area contributed by atoms with Crippen LogP contribution in [0.1, 0.15) is 16.7 Å². The number of thioether (sulfide) groups is 1. The fourth-order valence-electron chi connectivity index (χ4n) is 3.59. The zero-order valence-electron chi connectivity index (χ0n) is 18.2. The summed E-state index contributed by atoms with van der Waals surface area (Å²) in [5.74, 6) is 0.781. The van der Waals surface area contributed by atoms with E-state index >= 15 is 0 Å². The van der Waals surface area contributed by atoms with Gasteiger partial charge in [0.2, 0.25) is 0 Å². The van der Waals surface area contributed by atoms with Crippen LogP contribution in [0.5, 0.6) is 5.75 Å². The molecule has 0 unspecified atom stereocenters. The smallest absolute Gasteiger partial charge is 0.368 e. The van der Waals surface area contributed by atoms with E-state index in [2.05, 4.69) is 34.8 Å². The summed E-state index contributed by atoms with van der Waals surface area (Å²) in [6, 6.07) is 13.6. The van der Waals surface area contributed by atoms with Gasteiger partial charge in [0.1, 0.15) is 12.4 Å². The topological polar surface area (TPSA) is 79.8 Å². The third-order valence-corrected chi connectivity index (χ3v) is 6.14. The first-order valence-electron chi connectivity index (χ1n) is 9.79. The van der Waals surface area contributed by atoms with Gasteiger partial charge in [-0.25, -0.2) is 4.79 Å². The van der Waals surface area contributed by atoms with Crippen LogP contribution >= 0.6 is 11.8 Å². The van der Waals surface area contributed by atoms with Crippen molar-refractivity contribution in [2.75, 3.05) is 6.26 Å². The maximum Gasteiger partial charge on any atom is 0.368 e. The SMILES string of the molecule is CSc1c(C)c(-c2ccc(OCc3ccccc3-n3nnn(C)c3=O)c(C)c2)nn1C. The number of ether oxygens (including phenoxy) is 1. The summed E-state index contributed by atoms with van der Waals surface area (Å²) in [6.45, 7) is 4.42. The first-order valence-corrected chi connectivity index (χ1v) is 11.0. The zero-order valence-corrected chi connectivity index (χ0v) is 19.0. The quantitative estimate of drug-likeness (QED) is 0.432. The summed E-state index contributed by atoms with van der Waals surface area (Å²) >= 11 is 1.69. The Bertz CT molecular complexity index is 1300. The van der Waals surface area contributed by atoms with Gasteiger partial charge in [-0.05, 0) is 60.4 Å². The minimum atomic E-state index is -0.302. The summed E-state index contributed by atoms with van der Waals surface area (Å²) in [5, 5.41) is 13.6. The Kier molecular flexibility index (Phi) is 5.69. The summed E-state index contributed by atoms with van der Waals surface area (Å²) in [5.41, 5.74) is 5.43. The Hall–Kier alpha value is -3.33. The Morgan fingerprint density at radius 1 is 1.03 bits per heavy atom. The molecule has 0 aliphatic heterocycles. The number of hydrogen-bond donors (Lipinski definition) is 0. The van der Waals surface area contributed by atoms with Gasteiger partial charge in [0.25, 0.3) is 0 Å². The lowest BCUT2D eigenvalue weighted by Gasteiger charge is -2.13. The van der Waals surface area contributed by atoms with Crippen LogP contribution in [-0.2, 0) is 20.7 Å². The number of aryl methyl sites for hydroxylation is 3. The molecular weight excluding hydrogens is 412 g/mol. The Balaban J connectivity index is 1.59. The summed E-state index contributed by atoms with van der Waals surface area (Å²) < 4.78 is 10.5. The molecule has 31 heavy (non-hydrogen) atoms. The van der Waals surface area contributed by atoms with Gasteiger partial charge in [-0.15, -0.1) is 11.8 Å². The predicted octanol–water partition coefficient (Wildman–Crippen LogP) is 3.28. The van der Waals surface area contributed by atoms with Crippen molar-refractivity contribution in [1.29, 1.82) is 0 Å². The van der Waals surface area contributed by atoms with Gasteiger partial charge < -0.3 is 4.74 Å². The second-order valence-electron chi connectivity index (χ2n) is 7.30. The van der Waals surface area contributed by atoms with Crippen LogP contribution < -0.4 is 10.4 Å². The predicted molar refractivity (Wildman–Crippen MR) is 121 cm³/mol. The van der Waals surface area contributed by atoms with Gasteiger partial charge in [0, 0.05) is 30.8 Å². The standard InChI is InChI=1S/C22H24N6O2S/c1-14-12-16(20-15(2)21(31-5)26(3)23-20)10-11-19(14)30-13-17-8-6-7-9-18(17)28-22(29)27(4)24-25-28/h6-12H,13H2,1-5H3. The van der Waals surface area contributed by atoms with E-state index < -0.39 is 0 Å². The average Bonchev–Trinajstić information content (AvgIpc) is 3.25. The number of tetrazole rings is 1. The third kappa shape index (κ3) is 3.88. The van der Waals surface area contributed by atoms with Crippen LogP contribution in [0.25, 0.3) is 16.9 Å². The van der Waals surface area contributed by atoms with E-state index in [1.165, 1.54) is 14.9 Å². The normalized spacial score (nSPS) is 11.1. The molecule has 0 radical (unpaired) electrons. The maximum atomic E-state index is 12.2. The van der Waals surface area contributed by atoms with Crippen molar-refractivity contribution in [3.8, 4) is 22.7 Å². The molecule has 0 saturated carbocycles. The molecule has 0 N–H and O–H groups in total. The molecule has 0 spiro atoms. The molecule has 9 heteroatoms. The van der Waals surface area contributed by atoms with Crippen molar-refractivity contribution in [3.05, 3.63) is 69.6 Å². The number of hydrogen-bond acceptors (Lipinski definition) is 6. The molecule has 0 aliphatic rings. The second-order valence-corrected chi connectivity index (χ2v) is 8.10. The molecule has 0 saturated heterocycles. The highest BCUT2D eigenvalue weighted by atomic mass is 32.2. The van der Waals surface area contributed by atoms with Crippen molar-refractivity contribution < 1.29 is 4.74 Å². The molecule has 4 aromatic rings. The van der Waals surface area contributed by atoms with E-state index in [1.807, 2.05) is 55.1 Å². The molecule has 160 valence electrons. The lowest BCUT2D eigenvalue weighted by atomic mass is 10.1. The van der Waals surface area contributed by atoms with Crippen molar-refractivity contribution in [2.45, 2.75) is 25.5 Å². The van der Waals surface area contributed by atoms with E-state index in [0.717, 1.165) is 33.2 Å². The number of benzene rings is 2. The minimum Gasteiger partial charge on any atom is -0.489 e. The molecule has 8 nitrogen and oxygen atoms in total. The van der Waals surface area contributed by atoms with E-state index in [4.69, 9.17) is 4.74 Å². The number of nitrogens with zero attached hydrogens (tertiary/aromatic N) is 6. The van der Waals surface area contributed by atoms with E-state index in [9.17, 15) is 4.79 Å². The van der Waals surface area contributed by atoms with Gasteiger partial charge in [0.05, 0.1) is 16.4 Å². The summed E-state index contributed by atoms with van der Waals surface area (Å²) in [7, 11) is 3.54. The van der Waals surface area contributed by atoms with Crippen molar-refractivity contribution in [1.82, 2.24) is 29.6 Å². The van der Waals surface area contributed by atoms with Crippen LogP contribution in [0.3, 0.4) is 0 Å². The Morgan fingerprint density at radius 2 is 1.81 bits per heavy atom. The lowest BCUT2D eigenvalue weighted by Crippen LogP contribution is -2.23. The van der Waals surface area contributed by atoms with Gasteiger partial charge in [0.15, 0.2) is 0 Å². The molecule has 0 atom stereocenters. The highest BCUT2D eigenvalue weighted by Crippen LogP contribution is 2.32. The van der Waals surface area contributed by atoms with Gasteiger partial charge in [-0.1, -0.05) is 18.2 Å². The molecule has 0 amide bonds. The van der Waals surface area contributed by atoms with Gasteiger partial charge >= 0.3 is 5.69 Å². The lowest BCUT2D eigenvalue weighted by molar-refractivity contribution is 0.303. The molecule has 0 fully saturated rings. The van der Waals surface area contributed by atoms with Gasteiger partial charge in [-0.3, -0.25) is 4.68 Å². The first-order chi connectivity index (χ1) is 14.9. The number of para-hydroxylation sites is 1. The Labute approximate surface area is 184 Å². The molecule has 0 bridgehead atoms. The second kappa shape index (κ2) is 8.43. The fraction of sp³-hybridized carbons (Fsp3) is 0.273. The zero-order chi connectivity index (χ0) is 22.1. The van der Waals surface area contributed by atoms with E-state index in [0.29, 0.717) is 12.3 Å². The van der Waals surface area contributed by atoms with E-state index in [1.54, 1.807) is 18.8 Å². The minimum absolute atomic E-state index is 0.302. The summed E-state index contributed by atoms with van der Waals surface area (Å²) in [6.07, 6.45) is 2.06. The fourth-order valence-corrected chi connectivity index (χ4v) is 4.30. The van der Waals surface area contributed by atoms with Crippen molar-refractivity contribution >= 4 is 11.8 Å². The molecular formula is C22H24N6O2S. The van der Waals surface area contributed by atoms with Crippen molar-refractivity contribution in [3.63, 3.8) is 0 Å².